The maximum atomic E-state index is 12.7. The topological polar surface area (TPSA) is 81.9 Å². The third kappa shape index (κ3) is 5.44. The first-order valence-corrected chi connectivity index (χ1v) is 10.9. The maximum absolute atomic E-state index is 12.7. The Morgan fingerprint density at radius 3 is 2.39 bits per heavy atom. The van der Waals surface area contributed by atoms with Gasteiger partial charge in [0.15, 0.2) is 0 Å². The van der Waals surface area contributed by atoms with Crippen LogP contribution >= 0.6 is 0 Å². The molecule has 0 aliphatic carbocycles. The number of hydrogen-bond acceptors (Lipinski definition) is 5. The van der Waals surface area contributed by atoms with Gasteiger partial charge in [-0.25, -0.2) is 9.97 Å². The van der Waals surface area contributed by atoms with Crippen molar-refractivity contribution in [3.05, 3.63) is 84.8 Å². The highest BCUT2D eigenvalue weighted by Gasteiger charge is 2.22. The van der Waals surface area contributed by atoms with E-state index in [2.05, 4.69) is 41.2 Å². The Hall–Kier alpha value is -4.00. The molecule has 0 fully saturated rings. The highest BCUT2D eigenvalue weighted by atomic mass is 16.5. The molecule has 0 unspecified atom stereocenters. The Labute approximate surface area is 193 Å². The van der Waals surface area contributed by atoms with Crippen LogP contribution in [0.4, 0.5) is 5.82 Å². The predicted octanol–water partition coefficient (Wildman–Crippen LogP) is 5.03. The van der Waals surface area contributed by atoms with Crippen molar-refractivity contribution in [1.29, 1.82) is 0 Å². The minimum absolute atomic E-state index is 0.176. The molecule has 0 aliphatic rings. The Morgan fingerprint density at radius 1 is 0.970 bits per heavy atom. The van der Waals surface area contributed by atoms with Gasteiger partial charge in [0.05, 0.1) is 18.7 Å². The van der Waals surface area contributed by atoms with Crippen molar-refractivity contribution >= 4 is 11.7 Å². The fraction of sp³-hybridized carbons (Fsp3) is 0.231. The number of para-hydroxylation sites is 1. The van der Waals surface area contributed by atoms with Crippen LogP contribution in [0.5, 0.6) is 5.75 Å². The molecular weight excluding hydrogens is 414 g/mol. The summed E-state index contributed by atoms with van der Waals surface area (Å²) in [6.45, 7) is 6.44. The van der Waals surface area contributed by atoms with E-state index in [0.29, 0.717) is 11.8 Å². The Bertz CT molecular complexity index is 1210. The summed E-state index contributed by atoms with van der Waals surface area (Å²) in [4.78, 5) is 21.3. The number of carbonyl (C=O) groups is 1. The molecule has 1 amide bonds. The van der Waals surface area contributed by atoms with E-state index < -0.39 is 0 Å². The van der Waals surface area contributed by atoms with Crippen molar-refractivity contribution in [2.75, 3.05) is 11.9 Å². The zero-order valence-corrected chi connectivity index (χ0v) is 19.0. The second-order valence-electron chi connectivity index (χ2n) is 8.63. The first-order valence-electron chi connectivity index (χ1n) is 10.9. The standard InChI is InChI=1S/C26H27N5O2/c1-26(2,3)22-18-23(31(30-22)25-27-15-9-16-28-25)29-24(32)14-17-33-21-13-8-7-12-20(21)19-10-5-4-6-11-19/h4-13,15-16,18H,14,17H2,1-3H3,(H,29,32). The molecule has 33 heavy (non-hydrogen) atoms. The van der Waals surface area contributed by atoms with Gasteiger partial charge in [0.2, 0.25) is 5.91 Å². The molecule has 0 atom stereocenters. The van der Waals surface area contributed by atoms with Gasteiger partial charge in [-0.15, -0.1) is 0 Å². The van der Waals surface area contributed by atoms with E-state index >= 15 is 0 Å². The molecule has 4 rings (SSSR count). The average molecular weight is 442 g/mol. The molecular formula is C26H27N5O2. The van der Waals surface area contributed by atoms with E-state index in [1.165, 1.54) is 0 Å². The third-order valence-electron chi connectivity index (χ3n) is 5.05. The molecule has 2 aromatic carbocycles. The van der Waals surface area contributed by atoms with Gasteiger partial charge in [-0.1, -0.05) is 69.3 Å². The van der Waals surface area contributed by atoms with Crippen molar-refractivity contribution in [3.8, 4) is 22.8 Å². The van der Waals surface area contributed by atoms with E-state index in [4.69, 9.17) is 4.74 Å². The number of nitrogens with zero attached hydrogens (tertiary/aromatic N) is 4. The Kier molecular flexibility index (Phi) is 6.49. The molecule has 0 spiro atoms. The van der Waals surface area contributed by atoms with Gasteiger partial charge in [-0.3, -0.25) is 4.79 Å². The zero-order valence-electron chi connectivity index (χ0n) is 19.0. The summed E-state index contributed by atoms with van der Waals surface area (Å²) in [7, 11) is 0. The van der Waals surface area contributed by atoms with Gasteiger partial charge in [0, 0.05) is 29.4 Å². The lowest BCUT2D eigenvalue weighted by Crippen LogP contribution is -2.18. The number of carbonyl (C=O) groups excluding carboxylic acids is 1. The van der Waals surface area contributed by atoms with E-state index in [1.54, 1.807) is 23.1 Å². The van der Waals surface area contributed by atoms with Crippen molar-refractivity contribution in [2.45, 2.75) is 32.6 Å². The molecule has 0 radical (unpaired) electrons. The summed E-state index contributed by atoms with van der Waals surface area (Å²) in [5.74, 6) is 1.50. The molecule has 0 aliphatic heterocycles. The van der Waals surface area contributed by atoms with E-state index in [0.717, 1.165) is 22.6 Å². The molecule has 168 valence electrons. The lowest BCUT2D eigenvalue weighted by molar-refractivity contribution is -0.116. The molecule has 4 aromatic rings. The van der Waals surface area contributed by atoms with Gasteiger partial charge in [-0.2, -0.15) is 9.78 Å². The van der Waals surface area contributed by atoms with Gasteiger partial charge in [0.25, 0.3) is 5.95 Å². The molecule has 7 heteroatoms. The number of hydrogen-bond donors (Lipinski definition) is 1. The zero-order chi connectivity index (χ0) is 23.3. The monoisotopic (exact) mass is 441 g/mol. The third-order valence-corrected chi connectivity index (χ3v) is 5.05. The number of anilines is 1. The second-order valence-corrected chi connectivity index (χ2v) is 8.63. The Balaban J connectivity index is 1.45. The van der Waals surface area contributed by atoms with Crippen LogP contribution in [0.2, 0.25) is 0 Å². The summed E-state index contributed by atoms with van der Waals surface area (Å²) < 4.78 is 7.53. The molecule has 0 saturated carbocycles. The van der Waals surface area contributed by atoms with Crippen LogP contribution in [0.1, 0.15) is 32.9 Å². The predicted molar refractivity (Wildman–Crippen MR) is 128 cm³/mol. The highest BCUT2D eigenvalue weighted by molar-refractivity contribution is 5.90. The summed E-state index contributed by atoms with van der Waals surface area (Å²) in [5.41, 5.74) is 2.70. The molecule has 0 saturated heterocycles. The maximum Gasteiger partial charge on any atom is 0.252 e. The second kappa shape index (κ2) is 9.65. The number of rotatable bonds is 7. The number of ether oxygens (including phenoxy) is 1. The number of nitrogens with one attached hydrogen (secondary N) is 1. The summed E-state index contributed by atoms with van der Waals surface area (Å²) >= 11 is 0. The summed E-state index contributed by atoms with van der Waals surface area (Å²) in [6, 6.07) is 21.5. The van der Waals surface area contributed by atoms with Crippen LogP contribution in [0.25, 0.3) is 17.1 Å². The van der Waals surface area contributed by atoms with Gasteiger partial charge >= 0.3 is 0 Å². The SMILES string of the molecule is CC(C)(C)c1cc(NC(=O)CCOc2ccccc2-c2ccccc2)n(-c2ncccn2)n1. The van der Waals surface area contributed by atoms with Crippen molar-refractivity contribution in [3.63, 3.8) is 0 Å². The largest absolute Gasteiger partial charge is 0.492 e. The number of amides is 1. The molecule has 1 N–H and O–H groups in total. The van der Waals surface area contributed by atoms with Gasteiger partial charge < -0.3 is 10.1 Å². The van der Waals surface area contributed by atoms with Crippen LogP contribution < -0.4 is 10.1 Å². The molecule has 2 heterocycles. The fourth-order valence-corrected chi connectivity index (χ4v) is 3.30. The average Bonchev–Trinajstić information content (AvgIpc) is 3.25. The minimum Gasteiger partial charge on any atom is -0.492 e. The molecule has 7 nitrogen and oxygen atoms in total. The van der Waals surface area contributed by atoms with E-state index in [1.807, 2.05) is 60.7 Å². The summed E-state index contributed by atoms with van der Waals surface area (Å²) in [5, 5.41) is 7.56. The number of benzene rings is 2. The van der Waals surface area contributed by atoms with Crippen molar-refractivity contribution in [2.24, 2.45) is 0 Å². The van der Waals surface area contributed by atoms with Gasteiger partial charge in [0.1, 0.15) is 11.6 Å². The smallest absolute Gasteiger partial charge is 0.252 e. The van der Waals surface area contributed by atoms with Crippen molar-refractivity contribution in [1.82, 2.24) is 19.7 Å². The minimum atomic E-state index is -0.191. The first-order chi connectivity index (χ1) is 15.9. The van der Waals surface area contributed by atoms with E-state index in [-0.39, 0.29) is 24.3 Å². The van der Waals surface area contributed by atoms with Crippen LogP contribution in [-0.2, 0) is 10.2 Å². The van der Waals surface area contributed by atoms with Gasteiger partial charge in [-0.05, 0) is 17.7 Å². The van der Waals surface area contributed by atoms with Crippen LogP contribution in [0.15, 0.2) is 79.1 Å². The lowest BCUT2D eigenvalue weighted by atomic mass is 9.92. The Morgan fingerprint density at radius 2 is 1.67 bits per heavy atom. The van der Waals surface area contributed by atoms with E-state index in [9.17, 15) is 4.79 Å². The fourth-order valence-electron chi connectivity index (χ4n) is 3.30. The molecule has 0 bridgehead atoms. The number of aromatic nitrogens is 4. The van der Waals surface area contributed by atoms with Crippen molar-refractivity contribution < 1.29 is 9.53 Å². The normalized spacial score (nSPS) is 11.2. The summed E-state index contributed by atoms with van der Waals surface area (Å²) in [6.07, 6.45) is 3.48. The molecule has 2 aromatic heterocycles. The lowest BCUT2D eigenvalue weighted by Gasteiger charge is -2.13. The van der Waals surface area contributed by atoms with Crippen LogP contribution in [-0.4, -0.2) is 32.3 Å². The highest BCUT2D eigenvalue weighted by Crippen LogP contribution is 2.30. The quantitative estimate of drug-likeness (QED) is 0.435. The van der Waals surface area contributed by atoms with Crippen LogP contribution in [0.3, 0.4) is 0 Å². The van der Waals surface area contributed by atoms with Crippen LogP contribution in [0, 0.1) is 0 Å². The first kappa shape index (κ1) is 22.2.